The number of nitrogens with one attached hydrogen (secondary N) is 1. The molecular weight excluding hydrogens is 231 g/mol. The van der Waals surface area contributed by atoms with Gasteiger partial charge in [-0.25, -0.2) is 13.2 Å². The van der Waals surface area contributed by atoms with E-state index in [2.05, 4.69) is 5.32 Å². The van der Waals surface area contributed by atoms with Crippen LogP contribution in [-0.4, -0.2) is 12.1 Å². The highest BCUT2D eigenvalue weighted by Crippen LogP contribution is 2.22. The molecule has 0 aliphatic rings. The van der Waals surface area contributed by atoms with E-state index in [9.17, 15) is 13.2 Å². The number of rotatable bonds is 4. The summed E-state index contributed by atoms with van der Waals surface area (Å²) in [5.41, 5.74) is -0.149. The Morgan fingerprint density at radius 2 is 2.00 bits per heavy atom. The van der Waals surface area contributed by atoms with Gasteiger partial charge in [0.15, 0.2) is 11.6 Å². The SMILES string of the molecule is CSSCNc1cc(F)cc(F)c1F. The van der Waals surface area contributed by atoms with E-state index < -0.39 is 17.5 Å². The molecule has 6 heteroatoms. The van der Waals surface area contributed by atoms with Crippen molar-refractivity contribution in [1.29, 1.82) is 0 Å². The van der Waals surface area contributed by atoms with Crippen LogP contribution in [0.3, 0.4) is 0 Å². The van der Waals surface area contributed by atoms with E-state index >= 15 is 0 Å². The van der Waals surface area contributed by atoms with Crippen LogP contribution in [-0.2, 0) is 0 Å². The molecule has 0 saturated heterocycles. The quantitative estimate of drug-likeness (QED) is 0.374. The number of hydrogen-bond acceptors (Lipinski definition) is 3. The van der Waals surface area contributed by atoms with Gasteiger partial charge in [-0.2, -0.15) is 0 Å². The van der Waals surface area contributed by atoms with Crippen LogP contribution in [0.25, 0.3) is 0 Å². The molecule has 0 aromatic heterocycles. The molecule has 1 aromatic carbocycles. The van der Waals surface area contributed by atoms with Crippen LogP contribution < -0.4 is 5.32 Å². The van der Waals surface area contributed by atoms with Crippen molar-refractivity contribution in [2.24, 2.45) is 0 Å². The summed E-state index contributed by atoms with van der Waals surface area (Å²) in [5, 5.41) is 2.58. The van der Waals surface area contributed by atoms with Gasteiger partial charge in [0.05, 0.1) is 11.6 Å². The molecule has 0 radical (unpaired) electrons. The fraction of sp³-hybridized carbons (Fsp3) is 0.250. The Labute approximate surface area is 87.9 Å². The molecule has 1 rings (SSSR count). The fourth-order valence-corrected chi connectivity index (χ4v) is 1.71. The van der Waals surface area contributed by atoms with Crippen LogP contribution in [0.15, 0.2) is 12.1 Å². The summed E-state index contributed by atoms with van der Waals surface area (Å²) in [6, 6.07) is 1.45. The summed E-state index contributed by atoms with van der Waals surface area (Å²) in [6.07, 6.45) is 1.86. The molecule has 14 heavy (non-hydrogen) atoms. The van der Waals surface area contributed by atoms with Crippen LogP contribution in [0.5, 0.6) is 0 Å². The van der Waals surface area contributed by atoms with Gasteiger partial charge in [-0.15, -0.1) is 0 Å². The minimum atomic E-state index is -1.18. The highest BCUT2D eigenvalue weighted by molar-refractivity contribution is 8.76. The molecule has 1 N–H and O–H groups in total. The molecule has 0 bridgehead atoms. The van der Waals surface area contributed by atoms with Gasteiger partial charge in [-0.1, -0.05) is 21.6 Å². The number of anilines is 1. The monoisotopic (exact) mass is 239 g/mol. The van der Waals surface area contributed by atoms with E-state index in [-0.39, 0.29) is 5.69 Å². The van der Waals surface area contributed by atoms with Gasteiger partial charge >= 0.3 is 0 Å². The first kappa shape index (κ1) is 11.6. The topological polar surface area (TPSA) is 12.0 Å². The third-order valence-electron chi connectivity index (χ3n) is 1.43. The number of benzene rings is 1. The molecule has 0 spiro atoms. The highest BCUT2D eigenvalue weighted by Gasteiger charge is 2.10. The molecular formula is C8H8F3NS2. The van der Waals surface area contributed by atoms with Gasteiger partial charge in [0.1, 0.15) is 5.82 Å². The lowest BCUT2D eigenvalue weighted by molar-refractivity contribution is 0.498. The summed E-state index contributed by atoms with van der Waals surface area (Å²) >= 11 is 0. The molecule has 0 aliphatic heterocycles. The van der Waals surface area contributed by atoms with Gasteiger partial charge < -0.3 is 5.32 Å². The van der Waals surface area contributed by atoms with Crippen LogP contribution >= 0.6 is 21.6 Å². The molecule has 78 valence electrons. The largest absolute Gasteiger partial charge is 0.373 e. The van der Waals surface area contributed by atoms with Crippen LogP contribution in [0.2, 0.25) is 0 Å². The maximum atomic E-state index is 13.0. The number of halogens is 3. The zero-order chi connectivity index (χ0) is 10.6. The van der Waals surface area contributed by atoms with Crippen molar-refractivity contribution in [3.05, 3.63) is 29.6 Å². The molecule has 0 atom stereocenters. The van der Waals surface area contributed by atoms with Crippen LogP contribution in [0.1, 0.15) is 0 Å². The summed E-state index contributed by atoms with van der Waals surface area (Å²) in [5.74, 6) is -2.63. The van der Waals surface area contributed by atoms with Crippen molar-refractivity contribution in [2.45, 2.75) is 0 Å². The molecule has 0 heterocycles. The van der Waals surface area contributed by atoms with E-state index in [1.807, 2.05) is 6.26 Å². The molecule has 0 unspecified atom stereocenters. The Hall–Kier alpha value is -0.490. The first-order valence-corrected chi connectivity index (χ1v) is 6.42. The van der Waals surface area contributed by atoms with Gasteiger partial charge in [-0.05, 0) is 6.26 Å². The second-order valence-corrected chi connectivity index (χ2v) is 4.92. The van der Waals surface area contributed by atoms with Gasteiger partial charge in [-0.3, -0.25) is 0 Å². The Balaban J connectivity index is 2.75. The van der Waals surface area contributed by atoms with E-state index in [1.54, 1.807) is 0 Å². The van der Waals surface area contributed by atoms with Gasteiger partial charge in [0.2, 0.25) is 0 Å². The summed E-state index contributed by atoms with van der Waals surface area (Å²) in [7, 11) is 2.90. The first-order chi connectivity index (χ1) is 6.65. The normalized spacial score (nSPS) is 10.3. The predicted octanol–water partition coefficient (Wildman–Crippen LogP) is 3.48. The molecule has 0 amide bonds. The van der Waals surface area contributed by atoms with Crippen molar-refractivity contribution in [2.75, 3.05) is 17.4 Å². The highest BCUT2D eigenvalue weighted by atomic mass is 33.1. The minimum Gasteiger partial charge on any atom is -0.373 e. The van der Waals surface area contributed by atoms with Crippen LogP contribution in [0, 0.1) is 17.5 Å². The maximum absolute atomic E-state index is 13.0. The zero-order valence-corrected chi connectivity index (χ0v) is 8.95. The van der Waals surface area contributed by atoms with Gasteiger partial charge in [0, 0.05) is 12.1 Å². The Bertz CT molecular complexity index is 320. The predicted molar refractivity (Wildman–Crippen MR) is 55.9 cm³/mol. The third-order valence-corrected chi connectivity index (χ3v) is 2.99. The molecule has 1 aromatic rings. The molecule has 0 fully saturated rings. The lowest BCUT2D eigenvalue weighted by atomic mass is 10.3. The lowest BCUT2D eigenvalue weighted by Crippen LogP contribution is -2.01. The smallest absolute Gasteiger partial charge is 0.182 e. The number of hydrogen-bond donors (Lipinski definition) is 1. The average Bonchev–Trinajstić information content (AvgIpc) is 2.13. The Morgan fingerprint density at radius 3 is 2.64 bits per heavy atom. The fourth-order valence-electron chi connectivity index (χ4n) is 0.851. The van der Waals surface area contributed by atoms with Crippen molar-refractivity contribution >= 4 is 27.3 Å². The van der Waals surface area contributed by atoms with Crippen molar-refractivity contribution in [3.8, 4) is 0 Å². The van der Waals surface area contributed by atoms with Gasteiger partial charge in [0.25, 0.3) is 0 Å². The molecule has 1 nitrogen and oxygen atoms in total. The Kier molecular flexibility index (Phi) is 4.47. The summed E-state index contributed by atoms with van der Waals surface area (Å²) in [6.45, 7) is 0. The second-order valence-electron chi connectivity index (χ2n) is 2.35. The minimum absolute atomic E-state index is 0.149. The van der Waals surface area contributed by atoms with E-state index in [0.717, 1.165) is 6.07 Å². The maximum Gasteiger partial charge on any atom is 0.182 e. The van der Waals surface area contributed by atoms with Crippen molar-refractivity contribution in [3.63, 3.8) is 0 Å². The van der Waals surface area contributed by atoms with E-state index in [4.69, 9.17) is 0 Å². The van der Waals surface area contributed by atoms with Crippen LogP contribution in [0.4, 0.5) is 18.9 Å². The lowest BCUT2D eigenvalue weighted by Gasteiger charge is -2.06. The zero-order valence-electron chi connectivity index (χ0n) is 7.31. The average molecular weight is 239 g/mol. The third kappa shape index (κ3) is 3.02. The first-order valence-electron chi connectivity index (χ1n) is 3.69. The van der Waals surface area contributed by atoms with E-state index in [1.165, 1.54) is 21.6 Å². The standard InChI is InChI=1S/C8H8F3NS2/c1-13-14-4-12-7-3-5(9)2-6(10)8(7)11/h2-3,12H,4H2,1H3. The van der Waals surface area contributed by atoms with Crippen molar-refractivity contribution < 1.29 is 13.2 Å². The second kappa shape index (κ2) is 5.41. The van der Waals surface area contributed by atoms with Crippen molar-refractivity contribution in [1.82, 2.24) is 0 Å². The molecule has 0 saturated carbocycles. The summed E-state index contributed by atoms with van der Waals surface area (Å²) < 4.78 is 38.3. The molecule has 0 aliphatic carbocycles. The summed E-state index contributed by atoms with van der Waals surface area (Å²) in [4.78, 5) is 0. The van der Waals surface area contributed by atoms with E-state index in [0.29, 0.717) is 11.9 Å². The Morgan fingerprint density at radius 1 is 1.29 bits per heavy atom.